The molecule has 1 fully saturated rings. The fraction of sp³-hybridized carbons (Fsp3) is 0.467. The van der Waals surface area contributed by atoms with Crippen LogP contribution >= 0.6 is 0 Å². The molecule has 0 saturated carbocycles. The molecule has 20 heavy (non-hydrogen) atoms. The zero-order valence-corrected chi connectivity index (χ0v) is 11.4. The fourth-order valence-electron chi connectivity index (χ4n) is 2.59. The number of carbonyl (C=O) groups excluding carboxylic acids is 1. The summed E-state index contributed by atoms with van der Waals surface area (Å²) in [5.41, 5.74) is 7.05. The Morgan fingerprint density at radius 1 is 1.35 bits per heavy atom. The highest BCUT2D eigenvalue weighted by atomic mass is 16.4. The zero-order valence-electron chi connectivity index (χ0n) is 11.4. The van der Waals surface area contributed by atoms with Crippen LogP contribution in [0.3, 0.4) is 0 Å². The van der Waals surface area contributed by atoms with Gasteiger partial charge in [0.1, 0.15) is 6.04 Å². The molecule has 5 heteroatoms. The molecule has 1 aromatic rings. The van der Waals surface area contributed by atoms with Gasteiger partial charge in [0.15, 0.2) is 0 Å². The van der Waals surface area contributed by atoms with Crippen molar-refractivity contribution in [2.75, 3.05) is 6.54 Å². The predicted molar refractivity (Wildman–Crippen MR) is 75.1 cm³/mol. The van der Waals surface area contributed by atoms with Crippen LogP contribution in [-0.4, -0.2) is 40.5 Å². The lowest BCUT2D eigenvalue weighted by Crippen LogP contribution is -2.48. The molecule has 2 rings (SSSR count). The van der Waals surface area contributed by atoms with Crippen molar-refractivity contribution in [2.45, 2.75) is 37.8 Å². The Kier molecular flexibility index (Phi) is 4.74. The van der Waals surface area contributed by atoms with Crippen LogP contribution in [0.5, 0.6) is 0 Å². The number of hydrogen-bond acceptors (Lipinski definition) is 3. The molecule has 1 amide bonds. The van der Waals surface area contributed by atoms with Crippen LogP contribution in [0.1, 0.15) is 24.8 Å². The Hall–Kier alpha value is -1.88. The van der Waals surface area contributed by atoms with Crippen molar-refractivity contribution in [1.29, 1.82) is 0 Å². The number of carbonyl (C=O) groups is 2. The molecule has 2 atom stereocenters. The lowest BCUT2D eigenvalue weighted by atomic mass is 10.0. The molecule has 0 aliphatic carbocycles. The van der Waals surface area contributed by atoms with Crippen LogP contribution < -0.4 is 5.73 Å². The molecule has 0 bridgehead atoms. The zero-order chi connectivity index (χ0) is 14.5. The minimum Gasteiger partial charge on any atom is -0.480 e. The van der Waals surface area contributed by atoms with Crippen LogP contribution in [0.4, 0.5) is 0 Å². The van der Waals surface area contributed by atoms with E-state index in [1.165, 1.54) is 4.90 Å². The maximum atomic E-state index is 12.2. The van der Waals surface area contributed by atoms with E-state index < -0.39 is 18.1 Å². The van der Waals surface area contributed by atoms with Crippen LogP contribution in [0.2, 0.25) is 0 Å². The van der Waals surface area contributed by atoms with Gasteiger partial charge in [-0.15, -0.1) is 0 Å². The van der Waals surface area contributed by atoms with Crippen LogP contribution in [-0.2, 0) is 16.0 Å². The molecule has 1 aliphatic rings. The summed E-state index contributed by atoms with van der Waals surface area (Å²) in [6.45, 7) is 0.495. The van der Waals surface area contributed by atoms with E-state index in [2.05, 4.69) is 0 Å². The average molecular weight is 276 g/mol. The minimum absolute atomic E-state index is 0.245. The summed E-state index contributed by atoms with van der Waals surface area (Å²) < 4.78 is 0. The van der Waals surface area contributed by atoms with Crippen molar-refractivity contribution in [2.24, 2.45) is 5.73 Å². The molecule has 1 aromatic carbocycles. The summed E-state index contributed by atoms with van der Waals surface area (Å²) in [7, 11) is 0. The molecule has 0 radical (unpaired) electrons. The molecule has 0 spiro atoms. The second-order valence-corrected chi connectivity index (χ2v) is 5.16. The third-order valence-electron chi connectivity index (χ3n) is 3.72. The third kappa shape index (κ3) is 3.36. The summed E-state index contributed by atoms with van der Waals surface area (Å²) in [6, 6.07) is 8.49. The number of aryl methyl sites for hydroxylation is 1. The van der Waals surface area contributed by atoms with Crippen LogP contribution in [0.25, 0.3) is 0 Å². The molecule has 108 valence electrons. The van der Waals surface area contributed by atoms with E-state index in [0.29, 0.717) is 19.4 Å². The van der Waals surface area contributed by atoms with Gasteiger partial charge >= 0.3 is 5.97 Å². The van der Waals surface area contributed by atoms with E-state index in [-0.39, 0.29) is 5.91 Å². The van der Waals surface area contributed by atoms with E-state index in [0.717, 1.165) is 18.4 Å². The van der Waals surface area contributed by atoms with Gasteiger partial charge in [0.2, 0.25) is 5.91 Å². The predicted octanol–water partition coefficient (Wildman–Crippen LogP) is 1.02. The van der Waals surface area contributed by atoms with Gasteiger partial charge < -0.3 is 15.7 Å². The second kappa shape index (κ2) is 6.52. The topological polar surface area (TPSA) is 83.6 Å². The van der Waals surface area contributed by atoms with E-state index >= 15 is 0 Å². The van der Waals surface area contributed by atoms with Gasteiger partial charge in [0.25, 0.3) is 0 Å². The highest BCUT2D eigenvalue weighted by Gasteiger charge is 2.35. The van der Waals surface area contributed by atoms with Crippen molar-refractivity contribution in [3.05, 3.63) is 35.9 Å². The van der Waals surface area contributed by atoms with Crippen molar-refractivity contribution in [1.82, 2.24) is 4.90 Å². The number of nitrogens with two attached hydrogens (primary N) is 1. The summed E-state index contributed by atoms with van der Waals surface area (Å²) >= 11 is 0. The molecular formula is C15H20N2O3. The largest absolute Gasteiger partial charge is 0.480 e. The molecule has 5 nitrogen and oxygen atoms in total. The van der Waals surface area contributed by atoms with Gasteiger partial charge in [-0.05, 0) is 31.2 Å². The molecule has 3 N–H and O–H groups in total. The molecule has 1 saturated heterocycles. The SMILES string of the molecule is NC(CCc1ccccc1)C(=O)N1CCC[C@@H]1C(=O)O. The van der Waals surface area contributed by atoms with E-state index in [1.807, 2.05) is 30.3 Å². The summed E-state index contributed by atoms with van der Waals surface area (Å²) in [4.78, 5) is 24.7. The monoisotopic (exact) mass is 276 g/mol. The Morgan fingerprint density at radius 2 is 2.05 bits per heavy atom. The van der Waals surface area contributed by atoms with Gasteiger partial charge in [-0.3, -0.25) is 4.79 Å². The summed E-state index contributed by atoms with van der Waals surface area (Å²) in [5.74, 6) is -1.18. The number of likely N-dealkylation sites (tertiary alicyclic amines) is 1. The first kappa shape index (κ1) is 14.5. The average Bonchev–Trinajstić information content (AvgIpc) is 2.94. The van der Waals surface area contributed by atoms with Gasteiger partial charge in [-0.1, -0.05) is 30.3 Å². The Bertz CT molecular complexity index is 475. The van der Waals surface area contributed by atoms with Gasteiger partial charge in [-0.2, -0.15) is 0 Å². The van der Waals surface area contributed by atoms with Crippen molar-refractivity contribution >= 4 is 11.9 Å². The van der Waals surface area contributed by atoms with E-state index in [1.54, 1.807) is 0 Å². The molecule has 0 aromatic heterocycles. The number of carboxylic acids is 1. The Morgan fingerprint density at radius 3 is 2.70 bits per heavy atom. The fourth-order valence-corrected chi connectivity index (χ4v) is 2.59. The lowest BCUT2D eigenvalue weighted by molar-refractivity contribution is -0.148. The van der Waals surface area contributed by atoms with Crippen molar-refractivity contribution in [3.8, 4) is 0 Å². The molecule has 1 unspecified atom stereocenters. The van der Waals surface area contributed by atoms with Gasteiger partial charge in [-0.25, -0.2) is 4.79 Å². The first-order chi connectivity index (χ1) is 9.59. The van der Waals surface area contributed by atoms with E-state index in [9.17, 15) is 9.59 Å². The molecular weight excluding hydrogens is 256 g/mol. The second-order valence-electron chi connectivity index (χ2n) is 5.16. The maximum absolute atomic E-state index is 12.2. The number of hydrogen-bond donors (Lipinski definition) is 2. The first-order valence-electron chi connectivity index (χ1n) is 6.92. The van der Waals surface area contributed by atoms with Crippen LogP contribution in [0.15, 0.2) is 30.3 Å². The smallest absolute Gasteiger partial charge is 0.326 e. The first-order valence-corrected chi connectivity index (χ1v) is 6.92. The number of benzene rings is 1. The standard InChI is InChI=1S/C15H20N2O3/c16-12(9-8-11-5-2-1-3-6-11)14(18)17-10-4-7-13(17)15(19)20/h1-3,5-6,12-13H,4,7-10,16H2,(H,19,20)/t12?,13-/m1/s1. The molecule has 1 aliphatic heterocycles. The number of rotatable bonds is 5. The third-order valence-corrected chi connectivity index (χ3v) is 3.72. The number of aliphatic carboxylic acids is 1. The van der Waals surface area contributed by atoms with Crippen molar-refractivity contribution in [3.63, 3.8) is 0 Å². The van der Waals surface area contributed by atoms with Gasteiger partial charge in [0, 0.05) is 6.54 Å². The Labute approximate surface area is 118 Å². The quantitative estimate of drug-likeness (QED) is 0.841. The number of nitrogens with zero attached hydrogens (tertiary/aromatic N) is 1. The molecule has 1 heterocycles. The normalized spacial score (nSPS) is 19.9. The Balaban J connectivity index is 1.90. The highest BCUT2D eigenvalue weighted by Crippen LogP contribution is 2.19. The lowest BCUT2D eigenvalue weighted by Gasteiger charge is -2.24. The summed E-state index contributed by atoms with van der Waals surface area (Å²) in [5, 5.41) is 9.09. The minimum atomic E-state index is -0.939. The highest BCUT2D eigenvalue weighted by molar-refractivity contribution is 5.87. The number of amides is 1. The number of carboxylic acid groups (broad SMARTS) is 1. The maximum Gasteiger partial charge on any atom is 0.326 e. The van der Waals surface area contributed by atoms with Gasteiger partial charge in [0.05, 0.1) is 6.04 Å². The van der Waals surface area contributed by atoms with E-state index in [4.69, 9.17) is 10.8 Å². The van der Waals surface area contributed by atoms with Crippen molar-refractivity contribution < 1.29 is 14.7 Å². The van der Waals surface area contributed by atoms with Crippen LogP contribution in [0, 0.1) is 0 Å². The summed E-state index contributed by atoms with van der Waals surface area (Å²) in [6.07, 6.45) is 2.51.